The first-order valence-electron chi connectivity index (χ1n) is 11.8. The molecular formula is C29H32BrClN2O2S. The molecule has 3 aromatic carbocycles. The van der Waals surface area contributed by atoms with Crippen molar-refractivity contribution in [3.63, 3.8) is 0 Å². The highest BCUT2D eigenvalue weighted by atomic mass is 79.9. The molecule has 1 N–H and O–H groups in total. The fourth-order valence-corrected chi connectivity index (χ4v) is 5.20. The van der Waals surface area contributed by atoms with E-state index in [1.807, 2.05) is 99.6 Å². The average Bonchev–Trinajstić information content (AvgIpc) is 2.82. The Balaban J connectivity index is 1.86. The molecule has 190 valence electrons. The minimum Gasteiger partial charge on any atom is -0.350 e. The van der Waals surface area contributed by atoms with E-state index in [-0.39, 0.29) is 17.6 Å². The van der Waals surface area contributed by atoms with Crippen molar-refractivity contribution in [2.45, 2.75) is 51.1 Å². The molecule has 3 rings (SSSR count). The van der Waals surface area contributed by atoms with Crippen LogP contribution in [0, 0.1) is 0 Å². The second-order valence-corrected chi connectivity index (χ2v) is 12.1. The third kappa shape index (κ3) is 9.30. The number of nitrogens with zero attached hydrogens (tertiary/aromatic N) is 1. The first kappa shape index (κ1) is 28.3. The van der Waals surface area contributed by atoms with Gasteiger partial charge >= 0.3 is 0 Å². The maximum atomic E-state index is 13.7. The van der Waals surface area contributed by atoms with Gasteiger partial charge in [0.25, 0.3) is 0 Å². The zero-order valence-corrected chi connectivity index (χ0v) is 24.0. The third-order valence-electron chi connectivity index (χ3n) is 5.42. The van der Waals surface area contributed by atoms with E-state index >= 15 is 0 Å². The summed E-state index contributed by atoms with van der Waals surface area (Å²) in [5.41, 5.74) is 2.65. The molecule has 2 amide bonds. The summed E-state index contributed by atoms with van der Waals surface area (Å²) < 4.78 is 0.934. The van der Waals surface area contributed by atoms with E-state index in [1.165, 1.54) is 11.8 Å². The van der Waals surface area contributed by atoms with Crippen LogP contribution in [0.4, 0.5) is 0 Å². The quantitative estimate of drug-likeness (QED) is 0.281. The monoisotopic (exact) mass is 586 g/mol. The summed E-state index contributed by atoms with van der Waals surface area (Å²) in [5.74, 6) is 0.729. The zero-order valence-electron chi connectivity index (χ0n) is 20.8. The zero-order chi connectivity index (χ0) is 26.1. The predicted octanol–water partition coefficient (Wildman–Crippen LogP) is 6.89. The number of amides is 2. The second-order valence-electron chi connectivity index (χ2n) is 9.72. The molecule has 0 spiro atoms. The lowest BCUT2D eigenvalue weighted by atomic mass is 10.0. The van der Waals surface area contributed by atoms with Crippen molar-refractivity contribution in [1.82, 2.24) is 10.2 Å². The molecule has 0 radical (unpaired) electrons. The molecule has 0 aliphatic carbocycles. The molecule has 0 aromatic heterocycles. The molecule has 0 bridgehead atoms. The van der Waals surface area contributed by atoms with Crippen molar-refractivity contribution in [2.24, 2.45) is 0 Å². The molecule has 0 saturated carbocycles. The van der Waals surface area contributed by atoms with Crippen molar-refractivity contribution < 1.29 is 9.59 Å². The third-order valence-corrected chi connectivity index (χ3v) is 7.15. The largest absolute Gasteiger partial charge is 0.350 e. The molecule has 0 unspecified atom stereocenters. The molecule has 7 heteroatoms. The van der Waals surface area contributed by atoms with Crippen molar-refractivity contribution >= 4 is 51.1 Å². The summed E-state index contributed by atoms with van der Waals surface area (Å²) in [6, 6.07) is 24.7. The van der Waals surface area contributed by atoms with Crippen LogP contribution in [-0.2, 0) is 28.3 Å². The van der Waals surface area contributed by atoms with Crippen LogP contribution >= 0.6 is 39.3 Å². The summed E-state index contributed by atoms with van der Waals surface area (Å²) in [6.45, 7) is 6.20. The Labute approximate surface area is 231 Å². The van der Waals surface area contributed by atoms with Crippen LogP contribution < -0.4 is 5.32 Å². The Morgan fingerprint density at radius 3 is 2.25 bits per heavy atom. The van der Waals surface area contributed by atoms with Crippen LogP contribution in [-0.4, -0.2) is 34.0 Å². The first-order valence-corrected chi connectivity index (χ1v) is 14.2. The molecule has 0 aliphatic heterocycles. The summed E-state index contributed by atoms with van der Waals surface area (Å²) in [6.07, 6.45) is 0.435. The molecule has 0 aliphatic rings. The van der Waals surface area contributed by atoms with E-state index < -0.39 is 11.6 Å². The minimum absolute atomic E-state index is 0.0704. The highest BCUT2D eigenvalue weighted by Crippen LogP contribution is 2.21. The molecular weight excluding hydrogens is 556 g/mol. The number of nitrogens with one attached hydrogen (secondary N) is 1. The first-order chi connectivity index (χ1) is 17.1. The highest BCUT2D eigenvalue weighted by molar-refractivity contribution is 9.10. The van der Waals surface area contributed by atoms with Gasteiger partial charge in [-0.3, -0.25) is 9.59 Å². The number of thioether (sulfide) groups is 1. The number of carbonyl (C=O) groups is 2. The van der Waals surface area contributed by atoms with Gasteiger partial charge in [-0.1, -0.05) is 82.1 Å². The van der Waals surface area contributed by atoms with Crippen LogP contribution in [0.3, 0.4) is 0 Å². The summed E-state index contributed by atoms with van der Waals surface area (Å²) in [7, 11) is 0. The van der Waals surface area contributed by atoms with E-state index in [9.17, 15) is 9.59 Å². The Morgan fingerprint density at radius 1 is 0.944 bits per heavy atom. The van der Waals surface area contributed by atoms with E-state index in [0.29, 0.717) is 23.7 Å². The number of carbonyl (C=O) groups excluding carboxylic acids is 2. The standard InChI is InChI=1S/C29H32BrClN2O2S/c1-29(2,3)32-28(35)26(17-21-8-5-4-6-9-21)33(18-23-10-7-11-24(30)16-23)27(34)20-36-19-22-12-14-25(31)15-13-22/h4-16,26H,17-20H2,1-3H3,(H,32,35)/t26-/m0/s1. The van der Waals surface area contributed by atoms with Gasteiger partial charge in [-0.05, 0) is 61.7 Å². The Morgan fingerprint density at radius 2 is 1.61 bits per heavy atom. The van der Waals surface area contributed by atoms with Crippen molar-refractivity contribution in [1.29, 1.82) is 0 Å². The van der Waals surface area contributed by atoms with Gasteiger partial charge in [-0.25, -0.2) is 0 Å². The Hall–Kier alpha value is -2.28. The molecule has 36 heavy (non-hydrogen) atoms. The van der Waals surface area contributed by atoms with Crippen LogP contribution in [0.25, 0.3) is 0 Å². The summed E-state index contributed by atoms with van der Waals surface area (Å²) >= 11 is 11.1. The van der Waals surface area contributed by atoms with Crippen LogP contribution in [0.1, 0.15) is 37.5 Å². The van der Waals surface area contributed by atoms with Gasteiger partial charge in [0.2, 0.25) is 11.8 Å². The van der Waals surface area contributed by atoms with E-state index in [4.69, 9.17) is 11.6 Å². The van der Waals surface area contributed by atoms with Gasteiger partial charge in [0, 0.05) is 33.8 Å². The fourth-order valence-electron chi connectivity index (χ4n) is 3.76. The Bertz CT molecular complexity index is 1150. The molecule has 4 nitrogen and oxygen atoms in total. The van der Waals surface area contributed by atoms with Gasteiger partial charge in [0.05, 0.1) is 5.75 Å². The number of benzene rings is 3. The Kier molecular flexibility index (Phi) is 10.5. The summed E-state index contributed by atoms with van der Waals surface area (Å²) in [4.78, 5) is 29.0. The highest BCUT2D eigenvalue weighted by Gasteiger charge is 2.32. The number of hydrogen-bond donors (Lipinski definition) is 1. The lowest BCUT2D eigenvalue weighted by Gasteiger charge is -2.34. The van der Waals surface area contributed by atoms with Crippen LogP contribution in [0.15, 0.2) is 83.3 Å². The van der Waals surface area contributed by atoms with Crippen LogP contribution in [0.5, 0.6) is 0 Å². The topological polar surface area (TPSA) is 49.4 Å². The SMILES string of the molecule is CC(C)(C)NC(=O)[C@H](Cc1ccccc1)N(Cc1cccc(Br)c1)C(=O)CSCc1ccc(Cl)cc1. The predicted molar refractivity (Wildman–Crippen MR) is 154 cm³/mol. The maximum absolute atomic E-state index is 13.7. The fraction of sp³-hybridized carbons (Fsp3) is 0.310. The minimum atomic E-state index is -0.644. The molecule has 1 atom stereocenters. The maximum Gasteiger partial charge on any atom is 0.243 e. The average molecular weight is 588 g/mol. The molecule has 0 fully saturated rings. The van der Waals surface area contributed by atoms with Crippen molar-refractivity contribution in [2.75, 3.05) is 5.75 Å². The number of halogens is 2. The van der Waals surface area contributed by atoms with E-state index in [2.05, 4.69) is 21.2 Å². The van der Waals surface area contributed by atoms with Gasteiger partial charge in [0.1, 0.15) is 6.04 Å². The van der Waals surface area contributed by atoms with Crippen molar-refractivity contribution in [3.8, 4) is 0 Å². The number of hydrogen-bond acceptors (Lipinski definition) is 3. The normalized spacial score (nSPS) is 12.1. The number of rotatable bonds is 10. The molecule has 0 saturated heterocycles. The smallest absolute Gasteiger partial charge is 0.243 e. The van der Waals surface area contributed by atoms with Crippen LogP contribution in [0.2, 0.25) is 5.02 Å². The van der Waals surface area contributed by atoms with Gasteiger partial charge < -0.3 is 10.2 Å². The lowest BCUT2D eigenvalue weighted by Crippen LogP contribution is -2.54. The van der Waals surface area contributed by atoms with E-state index in [0.717, 1.165) is 21.2 Å². The van der Waals surface area contributed by atoms with Gasteiger partial charge in [-0.15, -0.1) is 11.8 Å². The molecule has 3 aromatic rings. The molecule has 0 heterocycles. The van der Waals surface area contributed by atoms with Crippen molar-refractivity contribution in [3.05, 3.63) is 105 Å². The summed E-state index contributed by atoms with van der Waals surface area (Å²) in [5, 5.41) is 3.79. The van der Waals surface area contributed by atoms with E-state index in [1.54, 1.807) is 4.90 Å². The van der Waals surface area contributed by atoms with Gasteiger partial charge in [-0.2, -0.15) is 0 Å². The van der Waals surface area contributed by atoms with Gasteiger partial charge in [0.15, 0.2) is 0 Å². The lowest BCUT2D eigenvalue weighted by molar-refractivity contribution is -0.140. The second kappa shape index (κ2) is 13.3.